The van der Waals surface area contributed by atoms with Crippen molar-refractivity contribution in [2.45, 2.75) is 53.9 Å². The molecule has 22 heteroatoms. The summed E-state index contributed by atoms with van der Waals surface area (Å²) in [6.07, 6.45) is -7.88. The number of aromatic nitrogens is 2. The van der Waals surface area contributed by atoms with Crippen molar-refractivity contribution >= 4 is 59.6 Å². The van der Waals surface area contributed by atoms with Gasteiger partial charge < -0.3 is 27.5 Å². The number of pyridine rings is 2. The first-order chi connectivity index (χ1) is 30.9. The average molecular weight is 1050 g/mol. The van der Waals surface area contributed by atoms with Gasteiger partial charge in [-0.3, -0.25) is 9.97 Å². The van der Waals surface area contributed by atoms with E-state index in [9.17, 15) is 41.0 Å². The smallest absolute Gasteiger partial charge is 0.412 e. The van der Waals surface area contributed by atoms with E-state index >= 15 is 0 Å². The third-order valence-corrected chi connectivity index (χ3v) is 12.7. The quantitative estimate of drug-likeness (QED) is 0.103. The SMILES string of the molecule is CP(C)(=S)OCC(F)(F)F.Cc1cc(Cl)c(-c2c(O)c(C)c(-c3ccccn3)oc2=O)cc1C.Cc1cc(Cl)c(-c2c(OP(C)(=S)OCC(F)(F)F)c(C)c(-c3ccccn3)oc2=O)cc1C. The molecule has 1 N–H and O–H groups in total. The summed E-state index contributed by atoms with van der Waals surface area (Å²) >= 11 is 22.6. The minimum Gasteiger partial charge on any atom is -0.507 e. The van der Waals surface area contributed by atoms with Gasteiger partial charge in [0.1, 0.15) is 40.6 Å². The Bertz CT molecular complexity index is 2970. The summed E-state index contributed by atoms with van der Waals surface area (Å²) in [4.78, 5) is 34.0. The molecule has 0 saturated carbocycles. The van der Waals surface area contributed by atoms with Crippen LogP contribution in [0.4, 0.5) is 26.3 Å². The zero-order valence-corrected chi connectivity index (χ0v) is 42.2. The van der Waals surface area contributed by atoms with Gasteiger partial charge >= 0.3 is 23.6 Å². The second-order valence-electron chi connectivity index (χ2n) is 15.3. The molecule has 0 aliphatic rings. The van der Waals surface area contributed by atoms with Crippen LogP contribution < -0.4 is 15.8 Å². The molecule has 0 radical (unpaired) electrons. The Morgan fingerprint density at radius 2 is 1.04 bits per heavy atom. The number of rotatable bonds is 10. The van der Waals surface area contributed by atoms with Gasteiger partial charge in [-0.25, -0.2) is 9.59 Å². The number of aryl methyl sites for hydroxylation is 4. The van der Waals surface area contributed by atoms with Crippen molar-refractivity contribution in [3.8, 4) is 56.7 Å². The molecule has 0 bridgehead atoms. The molecule has 0 aliphatic carbocycles. The van der Waals surface area contributed by atoms with Gasteiger partial charge in [-0.05, 0) is 137 Å². The average Bonchev–Trinajstić information content (AvgIpc) is 3.23. The van der Waals surface area contributed by atoms with Crippen molar-refractivity contribution in [1.82, 2.24) is 9.97 Å². The second-order valence-corrected chi connectivity index (χ2v) is 25.5. The van der Waals surface area contributed by atoms with Crippen molar-refractivity contribution in [1.29, 1.82) is 0 Å². The molecule has 67 heavy (non-hydrogen) atoms. The third kappa shape index (κ3) is 15.6. The third-order valence-electron chi connectivity index (χ3n) is 9.40. The number of benzene rings is 2. The molecule has 360 valence electrons. The Balaban J connectivity index is 0.000000251. The number of halogens is 8. The molecule has 0 saturated heterocycles. The van der Waals surface area contributed by atoms with Crippen LogP contribution in [0.15, 0.2) is 91.5 Å². The van der Waals surface area contributed by atoms with Crippen molar-refractivity contribution in [2.75, 3.05) is 33.2 Å². The summed E-state index contributed by atoms with van der Waals surface area (Å²) in [7, 11) is 0. The van der Waals surface area contributed by atoms with Crippen molar-refractivity contribution < 1.29 is 53.9 Å². The fourth-order valence-electron chi connectivity index (χ4n) is 5.84. The normalized spacial score (nSPS) is 12.6. The minimum absolute atomic E-state index is 0.0491. The van der Waals surface area contributed by atoms with Gasteiger partial charge in [0, 0.05) is 51.4 Å². The van der Waals surface area contributed by atoms with Gasteiger partial charge in [0.05, 0.1) is 6.26 Å². The fourth-order valence-corrected chi connectivity index (χ4v) is 8.45. The highest BCUT2D eigenvalue weighted by Gasteiger charge is 2.33. The van der Waals surface area contributed by atoms with E-state index in [4.69, 9.17) is 52.9 Å². The first-order valence-corrected chi connectivity index (χ1v) is 27.0. The summed E-state index contributed by atoms with van der Waals surface area (Å²) in [5.41, 5.74) is 4.66. The predicted molar refractivity (Wildman–Crippen MR) is 258 cm³/mol. The Labute approximate surface area is 402 Å². The van der Waals surface area contributed by atoms with Gasteiger partial charge in [0.15, 0.2) is 18.1 Å². The molecule has 0 amide bonds. The summed E-state index contributed by atoms with van der Waals surface area (Å²) in [5.74, 6) is 0.161. The minimum atomic E-state index is -4.59. The van der Waals surface area contributed by atoms with Crippen LogP contribution in [0.25, 0.3) is 45.2 Å². The maximum atomic E-state index is 13.2. The Morgan fingerprint density at radius 1 is 0.642 bits per heavy atom. The largest absolute Gasteiger partial charge is 0.507 e. The molecule has 4 aromatic heterocycles. The standard InChI is InChI=1S/C22H20ClF3NO4PS.C19H16ClNO3.C4H8F3OPS/c1-12-9-15(16(23)10-13(12)2)18-20(31-32(4,33)29-11-22(24,25)26)14(3)19(30-21(18)28)17-7-5-6-8-27-17;1-10-8-13(14(20)9-11(10)2)16-17(22)12(3)18(24-19(16)23)15-6-4-5-7-21-15;1-9(2,10)8-3-4(5,6)7/h5-10H,11H2,1-4H3;4-9,22H,1-3H3;3H2,1-2H3. The van der Waals surface area contributed by atoms with E-state index in [1.54, 1.807) is 80.7 Å². The second kappa shape index (κ2) is 22.4. The van der Waals surface area contributed by atoms with Crippen LogP contribution in [0.3, 0.4) is 0 Å². The lowest BCUT2D eigenvalue weighted by atomic mass is 9.99. The lowest BCUT2D eigenvalue weighted by Gasteiger charge is -2.23. The zero-order chi connectivity index (χ0) is 50.4. The van der Waals surface area contributed by atoms with Gasteiger partial charge in [-0.1, -0.05) is 47.1 Å². The Kier molecular flexibility index (Phi) is 18.4. The number of hydrogen-bond acceptors (Lipinski definition) is 12. The van der Waals surface area contributed by atoms with Crippen molar-refractivity contribution in [3.63, 3.8) is 0 Å². The molecule has 6 rings (SSSR count). The van der Waals surface area contributed by atoms with Crippen LogP contribution >= 0.6 is 36.0 Å². The zero-order valence-electron chi connectivity index (χ0n) is 37.3. The van der Waals surface area contributed by atoms with E-state index in [1.807, 2.05) is 27.7 Å². The highest BCUT2D eigenvalue weighted by molar-refractivity contribution is 8.11. The molecule has 0 fully saturated rings. The molecule has 0 spiro atoms. The maximum absolute atomic E-state index is 13.2. The molecule has 4 heterocycles. The maximum Gasteiger partial charge on any atom is 0.412 e. The molecular formula is C45H44Cl2F6N2O8P2S2. The molecule has 1 unspecified atom stereocenters. The highest BCUT2D eigenvalue weighted by atomic mass is 35.5. The summed E-state index contributed by atoms with van der Waals surface area (Å²) in [6, 6.07) is 17.2. The fraction of sp³-hybridized carbons (Fsp3) is 0.289. The van der Waals surface area contributed by atoms with Crippen LogP contribution in [-0.2, 0) is 32.7 Å². The van der Waals surface area contributed by atoms with Gasteiger partial charge in [-0.15, -0.1) is 0 Å². The van der Waals surface area contributed by atoms with E-state index < -0.39 is 49.6 Å². The van der Waals surface area contributed by atoms with Crippen LogP contribution in [-0.4, -0.2) is 60.6 Å². The van der Waals surface area contributed by atoms with E-state index in [2.05, 4.69) is 26.3 Å². The molecule has 2 aromatic carbocycles. The molecule has 0 aliphatic heterocycles. The summed E-state index contributed by atoms with van der Waals surface area (Å²) < 4.78 is 98.7. The first kappa shape index (κ1) is 55.2. The van der Waals surface area contributed by atoms with Crippen LogP contribution in [0.2, 0.25) is 10.0 Å². The van der Waals surface area contributed by atoms with Crippen LogP contribution in [0, 0.1) is 41.5 Å². The van der Waals surface area contributed by atoms with Gasteiger partial charge in [0.25, 0.3) is 0 Å². The van der Waals surface area contributed by atoms with Crippen LogP contribution in [0.5, 0.6) is 11.5 Å². The van der Waals surface area contributed by atoms with Crippen molar-refractivity contribution in [2.24, 2.45) is 0 Å². The molecule has 10 nitrogen and oxygen atoms in total. The number of alkyl halides is 6. The monoisotopic (exact) mass is 1050 g/mol. The molecule has 1 atom stereocenters. The summed E-state index contributed by atoms with van der Waals surface area (Å²) in [5, 5.41) is 11.3. The number of hydrogen-bond donors (Lipinski definition) is 1. The van der Waals surface area contributed by atoms with E-state index in [1.165, 1.54) is 26.2 Å². The van der Waals surface area contributed by atoms with Crippen LogP contribution in [0.1, 0.15) is 33.4 Å². The van der Waals surface area contributed by atoms with E-state index in [-0.39, 0.29) is 39.2 Å². The lowest BCUT2D eigenvalue weighted by molar-refractivity contribution is -0.153. The number of aromatic hydroxyl groups is 1. The Morgan fingerprint density at radius 3 is 1.45 bits per heavy atom. The molecule has 6 aromatic rings. The van der Waals surface area contributed by atoms with Crippen molar-refractivity contribution in [3.05, 3.63) is 137 Å². The topological polar surface area (TPSA) is 134 Å². The van der Waals surface area contributed by atoms with E-state index in [0.29, 0.717) is 38.7 Å². The Hall–Kier alpha value is -4.38. The number of nitrogens with zero attached hydrogens (tertiary/aromatic N) is 2. The summed E-state index contributed by atoms with van der Waals surface area (Å²) in [6.45, 7) is 8.82. The van der Waals surface area contributed by atoms with Gasteiger partial charge in [0.2, 0.25) is 6.49 Å². The van der Waals surface area contributed by atoms with E-state index in [0.717, 1.165) is 22.3 Å². The lowest BCUT2D eigenvalue weighted by Crippen LogP contribution is -2.17. The highest BCUT2D eigenvalue weighted by Crippen LogP contribution is 2.51. The van der Waals surface area contributed by atoms with Gasteiger partial charge in [-0.2, -0.15) is 26.3 Å². The first-order valence-electron chi connectivity index (χ1n) is 19.6. The predicted octanol–water partition coefficient (Wildman–Crippen LogP) is 13.7. The molecular weight excluding hydrogens is 1010 g/mol.